The van der Waals surface area contributed by atoms with Gasteiger partial charge < -0.3 is 9.84 Å². The van der Waals surface area contributed by atoms with Crippen LogP contribution in [-0.2, 0) is 9.59 Å². The highest BCUT2D eigenvalue weighted by Crippen LogP contribution is 2.52. The number of allylic oxidation sites excluding steroid dienone is 2. The second-order valence-electron chi connectivity index (χ2n) is 6.38. The summed E-state index contributed by atoms with van der Waals surface area (Å²) in [5.74, 6) is -0.830. The van der Waals surface area contributed by atoms with Gasteiger partial charge in [-0.2, -0.15) is 10.1 Å². The number of hydrazone groups is 1. The number of imide groups is 1. The zero-order chi connectivity index (χ0) is 17.9. The molecule has 2 amide bonds. The second-order valence-corrected chi connectivity index (χ2v) is 7.55. The van der Waals surface area contributed by atoms with E-state index in [4.69, 9.17) is 16.3 Å². The first-order valence-electron chi connectivity index (χ1n) is 7.79. The van der Waals surface area contributed by atoms with Crippen molar-refractivity contribution < 1.29 is 19.4 Å². The first kappa shape index (κ1) is 16.6. The van der Waals surface area contributed by atoms with Gasteiger partial charge in [-0.05, 0) is 40.3 Å². The van der Waals surface area contributed by atoms with Crippen molar-refractivity contribution in [2.75, 3.05) is 7.11 Å². The Hall–Kier alpha value is -1.86. The van der Waals surface area contributed by atoms with Crippen LogP contribution >= 0.6 is 27.5 Å². The topological polar surface area (TPSA) is 79.2 Å². The van der Waals surface area contributed by atoms with Gasteiger partial charge in [0.05, 0.1) is 25.2 Å². The van der Waals surface area contributed by atoms with Gasteiger partial charge in [-0.25, -0.2) is 0 Å². The maximum Gasteiger partial charge on any atom is 0.254 e. The summed E-state index contributed by atoms with van der Waals surface area (Å²) < 4.78 is 5.46. The third kappa shape index (κ3) is 2.33. The molecule has 1 N–H and O–H groups in total. The number of phenols is 1. The third-order valence-electron chi connectivity index (χ3n) is 5.15. The summed E-state index contributed by atoms with van der Waals surface area (Å²) in [6, 6.07) is 1.52. The molecule has 2 bridgehead atoms. The summed E-state index contributed by atoms with van der Waals surface area (Å²) in [5, 5.41) is 15.0. The van der Waals surface area contributed by atoms with E-state index < -0.39 is 0 Å². The minimum atomic E-state index is -0.291. The lowest BCUT2D eigenvalue weighted by atomic mass is 9.85. The van der Waals surface area contributed by atoms with Crippen LogP contribution in [0.15, 0.2) is 27.8 Å². The number of halogens is 2. The minimum absolute atomic E-state index is 0.0685. The van der Waals surface area contributed by atoms with Crippen molar-refractivity contribution in [2.24, 2.45) is 28.8 Å². The number of amides is 2. The third-order valence-corrected chi connectivity index (χ3v) is 6.60. The number of methoxy groups -OCH3 is 1. The summed E-state index contributed by atoms with van der Waals surface area (Å²) in [4.78, 5) is 25.2. The molecule has 0 unspecified atom stereocenters. The predicted octanol–water partition coefficient (Wildman–Crippen LogP) is 2.96. The van der Waals surface area contributed by atoms with Gasteiger partial charge in [0, 0.05) is 10.0 Å². The van der Waals surface area contributed by atoms with Crippen molar-refractivity contribution >= 4 is 45.6 Å². The lowest BCUT2D eigenvalue weighted by Gasteiger charge is -2.13. The van der Waals surface area contributed by atoms with Gasteiger partial charge in [-0.1, -0.05) is 23.8 Å². The summed E-state index contributed by atoms with van der Waals surface area (Å²) in [7, 11) is 1.40. The maximum absolute atomic E-state index is 12.6. The van der Waals surface area contributed by atoms with E-state index in [-0.39, 0.29) is 52.0 Å². The van der Waals surface area contributed by atoms with Crippen LogP contribution in [0, 0.1) is 23.7 Å². The fourth-order valence-corrected chi connectivity index (χ4v) is 4.59. The van der Waals surface area contributed by atoms with E-state index in [1.807, 2.05) is 12.2 Å². The Bertz CT molecular complexity index is 824. The van der Waals surface area contributed by atoms with E-state index in [0.29, 0.717) is 10.0 Å². The number of ether oxygens (including phenoxy) is 1. The number of benzene rings is 1. The fraction of sp³-hybridized carbons (Fsp3) is 0.353. The van der Waals surface area contributed by atoms with Crippen molar-refractivity contribution in [1.29, 1.82) is 0 Å². The van der Waals surface area contributed by atoms with Crippen molar-refractivity contribution in [3.05, 3.63) is 33.3 Å². The van der Waals surface area contributed by atoms with Crippen LogP contribution in [0.4, 0.5) is 0 Å². The molecule has 130 valence electrons. The zero-order valence-corrected chi connectivity index (χ0v) is 15.5. The van der Waals surface area contributed by atoms with E-state index in [9.17, 15) is 14.7 Å². The molecule has 25 heavy (non-hydrogen) atoms. The highest BCUT2D eigenvalue weighted by atomic mass is 79.9. The van der Waals surface area contributed by atoms with Gasteiger partial charge in [0.2, 0.25) is 0 Å². The second kappa shape index (κ2) is 5.85. The van der Waals surface area contributed by atoms with E-state index in [2.05, 4.69) is 21.0 Å². The molecule has 1 aromatic rings. The number of rotatable bonds is 3. The van der Waals surface area contributed by atoms with Crippen molar-refractivity contribution in [2.45, 2.75) is 6.42 Å². The Labute approximate surface area is 157 Å². The van der Waals surface area contributed by atoms with Crippen LogP contribution in [0.3, 0.4) is 0 Å². The number of aromatic hydroxyl groups is 1. The Morgan fingerprint density at radius 1 is 1.32 bits per heavy atom. The maximum atomic E-state index is 12.6. The number of carbonyl (C=O) groups excluding carboxylic acids is 2. The summed E-state index contributed by atoms with van der Waals surface area (Å²) in [6.45, 7) is 0. The van der Waals surface area contributed by atoms with Crippen LogP contribution in [0.25, 0.3) is 0 Å². The summed E-state index contributed by atoms with van der Waals surface area (Å²) in [6.07, 6.45) is 6.31. The molecule has 1 aromatic carbocycles. The molecule has 0 aromatic heterocycles. The van der Waals surface area contributed by atoms with Crippen LogP contribution in [0.5, 0.6) is 11.5 Å². The Kier molecular flexibility index (Phi) is 3.88. The molecule has 1 heterocycles. The van der Waals surface area contributed by atoms with E-state index in [1.165, 1.54) is 19.4 Å². The number of carbonyl (C=O) groups is 2. The zero-order valence-electron chi connectivity index (χ0n) is 13.1. The van der Waals surface area contributed by atoms with Crippen LogP contribution in [0.1, 0.15) is 12.0 Å². The van der Waals surface area contributed by atoms with E-state index >= 15 is 0 Å². The normalized spacial score (nSPS) is 30.0. The quantitative estimate of drug-likeness (QED) is 0.459. The molecule has 0 radical (unpaired) electrons. The van der Waals surface area contributed by atoms with Crippen molar-refractivity contribution in [3.63, 3.8) is 0 Å². The number of hydrogen-bond acceptors (Lipinski definition) is 5. The van der Waals surface area contributed by atoms with Gasteiger partial charge in [-0.3, -0.25) is 9.59 Å². The number of fused-ring (bicyclic) bond motifs is 5. The molecule has 1 saturated carbocycles. The lowest BCUT2D eigenvalue weighted by Crippen LogP contribution is -2.28. The standard InChI is InChI=1S/C17H14BrClN2O4/c1-25-10-5-9(13(18)14(19)15(10)22)6-20-21-16(23)11-7-2-3-8(4-7)12(11)17(21)24/h2-3,5-8,11-12,22H,4H2,1H3/t7-,8-,11-,12+/m0/s1. The molecule has 1 aliphatic heterocycles. The van der Waals surface area contributed by atoms with Gasteiger partial charge in [0.15, 0.2) is 11.5 Å². The number of phenolic OH excluding ortho intramolecular Hbond substituents is 1. The highest BCUT2D eigenvalue weighted by molar-refractivity contribution is 9.10. The van der Waals surface area contributed by atoms with Crippen molar-refractivity contribution in [1.82, 2.24) is 5.01 Å². The Morgan fingerprint density at radius 3 is 2.48 bits per heavy atom. The molecule has 4 atom stereocenters. The molecular weight excluding hydrogens is 412 g/mol. The fourth-order valence-electron chi connectivity index (χ4n) is 3.98. The first-order chi connectivity index (χ1) is 11.9. The van der Waals surface area contributed by atoms with Gasteiger partial charge in [0.25, 0.3) is 11.8 Å². The SMILES string of the molecule is COc1cc(C=NN2C(=O)[C@@H]3[C@H](C2=O)[C@H]2C=C[C@H]3C2)c(Br)c(Cl)c1O. The number of hydrogen-bond donors (Lipinski definition) is 1. The Morgan fingerprint density at radius 2 is 1.92 bits per heavy atom. The molecular formula is C17H14BrClN2O4. The molecule has 2 aliphatic carbocycles. The van der Waals surface area contributed by atoms with Gasteiger partial charge >= 0.3 is 0 Å². The smallest absolute Gasteiger partial charge is 0.254 e. The van der Waals surface area contributed by atoms with E-state index in [0.717, 1.165) is 11.4 Å². The van der Waals surface area contributed by atoms with Crippen LogP contribution in [0.2, 0.25) is 5.02 Å². The molecule has 8 heteroatoms. The predicted molar refractivity (Wildman–Crippen MR) is 94.5 cm³/mol. The average molecular weight is 426 g/mol. The summed E-state index contributed by atoms with van der Waals surface area (Å²) >= 11 is 9.32. The highest BCUT2D eigenvalue weighted by Gasteiger charge is 2.59. The molecule has 6 nitrogen and oxygen atoms in total. The largest absolute Gasteiger partial charge is 0.503 e. The Balaban J connectivity index is 1.64. The molecule has 2 fully saturated rings. The number of nitrogens with zero attached hydrogens (tertiary/aromatic N) is 2. The average Bonchev–Trinajstić information content (AvgIpc) is 3.28. The summed E-state index contributed by atoms with van der Waals surface area (Å²) in [5.41, 5.74) is 0.485. The molecule has 4 rings (SSSR count). The lowest BCUT2D eigenvalue weighted by molar-refractivity contribution is -0.140. The monoisotopic (exact) mass is 424 g/mol. The van der Waals surface area contributed by atoms with Gasteiger partial charge in [0.1, 0.15) is 5.02 Å². The molecule has 1 saturated heterocycles. The molecule has 3 aliphatic rings. The van der Waals surface area contributed by atoms with E-state index in [1.54, 1.807) is 0 Å². The van der Waals surface area contributed by atoms with Crippen LogP contribution < -0.4 is 4.74 Å². The molecule has 0 spiro atoms. The minimum Gasteiger partial charge on any atom is -0.503 e. The first-order valence-corrected chi connectivity index (χ1v) is 8.96. The van der Waals surface area contributed by atoms with Crippen molar-refractivity contribution in [3.8, 4) is 11.5 Å². The van der Waals surface area contributed by atoms with Gasteiger partial charge in [-0.15, -0.1) is 0 Å². The van der Waals surface area contributed by atoms with Crippen LogP contribution in [-0.4, -0.2) is 35.3 Å².